The number of rotatable bonds is 15. The number of carboxylic acid groups (broad SMARTS) is 1. The van der Waals surface area contributed by atoms with Crippen molar-refractivity contribution < 1.29 is 29.1 Å². The summed E-state index contributed by atoms with van der Waals surface area (Å²) in [5.41, 5.74) is 12.0. The molecule has 5 unspecified atom stereocenters. The molecule has 200 valence electrons. The van der Waals surface area contributed by atoms with Crippen LogP contribution >= 0.6 is 0 Å². The van der Waals surface area contributed by atoms with Crippen molar-refractivity contribution in [3.63, 3.8) is 0 Å². The van der Waals surface area contributed by atoms with Gasteiger partial charge in [0, 0.05) is 6.42 Å². The minimum Gasteiger partial charge on any atom is -0.480 e. The molecule has 0 heterocycles. The third-order valence-corrected chi connectivity index (χ3v) is 5.79. The minimum atomic E-state index is -1.43. The summed E-state index contributed by atoms with van der Waals surface area (Å²) in [7, 11) is 0. The molecule has 0 aliphatic heterocycles. The summed E-state index contributed by atoms with van der Waals surface area (Å²) in [6, 6.07) is 4.32. The molecule has 0 saturated carbocycles. The van der Waals surface area contributed by atoms with Crippen molar-refractivity contribution in [2.45, 2.75) is 77.5 Å². The molecule has 1 aromatic carbocycles. The van der Waals surface area contributed by atoms with Crippen LogP contribution in [-0.4, -0.2) is 58.9 Å². The van der Waals surface area contributed by atoms with Crippen LogP contribution in [0.3, 0.4) is 0 Å². The van der Waals surface area contributed by atoms with Gasteiger partial charge in [0.15, 0.2) is 0 Å². The van der Waals surface area contributed by atoms with Gasteiger partial charge in [-0.15, -0.1) is 0 Å². The van der Waals surface area contributed by atoms with Crippen molar-refractivity contribution in [1.82, 2.24) is 16.0 Å². The van der Waals surface area contributed by atoms with Crippen molar-refractivity contribution in [3.05, 3.63) is 35.9 Å². The molecule has 11 heteroatoms. The van der Waals surface area contributed by atoms with E-state index >= 15 is 0 Å². The molecule has 1 aromatic rings. The van der Waals surface area contributed by atoms with E-state index in [0.717, 1.165) is 5.56 Å². The van der Waals surface area contributed by atoms with E-state index in [2.05, 4.69) is 16.0 Å². The fraction of sp³-hybridized carbons (Fsp3) is 0.560. The van der Waals surface area contributed by atoms with Gasteiger partial charge in [-0.2, -0.15) is 0 Å². The maximum absolute atomic E-state index is 13.2. The van der Waals surface area contributed by atoms with Gasteiger partial charge in [-0.25, -0.2) is 4.79 Å². The van der Waals surface area contributed by atoms with E-state index < -0.39 is 66.1 Å². The first-order valence-corrected chi connectivity index (χ1v) is 12.1. The Hall–Kier alpha value is -3.47. The summed E-state index contributed by atoms with van der Waals surface area (Å²) in [4.78, 5) is 62.0. The third kappa shape index (κ3) is 10.4. The lowest BCUT2D eigenvalue weighted by Crippen LogP contribution is -2.58. The molecule has 1 rings (SSSR count). The van der Waals surface area contributed by atoms with E-state index in [-0.39, 0.29) is 12.3 Å². The van der Waals surface area contributed by atoms with Crippen LogP contribution in [0.1, 0.15) is 52.5 Å². The molecule has 8 N–H and O–H groups in total. The lowest BCUT2D eigenvalue weighted by atomic mass is 9.98. The smallest absolute Gasteiger partial charge is 0.326 e. The molecule has 0 bridgehead atoms. The third-order valence-electron chi connectivity index (χ3n) is 5.79. The Morgan fingerprint density at radius 1 is 0.889 bits per heavy atom. The number of hydrogen-bond donors (Lipinski definition) is 6. The summed E-state index contributed by atoms with van der Waals surface area (Å²) < 4.78 is 0. The Balaban J connectivity index is 3.13. The van der Waals surface area contributed by atoms with Crippen molar-refractivity contribution in [2.24, 2.45) is 23.3 Å². The molecule has 0 aromatic heterocycles. The number of aliphatic carboxylic acids is 1. The number of nitrogens with one attached hydrogen (secondary N) is 3. The maximum Gasteiger partial charge on any atom is 0.326 e. The highest BCUT2D eigenvalue weighted by atomic mass is 16.4. The van der Waals surface area contributed by atoms with E-state index in [0.29, 0.717) is 12.8 Å². The summed E-state index contributed by atoms with van der Waals surface area (Å²) >= 11 is 0. The summed E-state index contributed by atoms with van der Waals surface area (Å²) in [6.07, 6.45) is 0.432. The molecule has 0 fully saturated rings. The summed E-state index contributed by atoms with van der Waals surface area (Å²) in [5.74, 6) is -4.48. The maximum atomic E-state index is 13.2. The molecule has 11 nitrogen and oxygen atoms in total. The van der Waals surface area contributed by atoms with Gasteiger partial charge in [0.25, 0.3) is 0 Å². The van der Waals surface area contributed by atoms with Crippen molar-refractivity contribution >= 4 is 29.6 Å². The van der Waals surface area contributed by atoms with Gasteiger partial charge in [0.2, 0.25) is 23.6 Å². The number of primary amides is 1. The number of hydrogen-bond acceptors (Lipinski definition) is 6. The fourth-order valence-electron chi connectivity index (χ4n) is 3.57. The van der Waals surface area contributed by atoms with Gasteiger partial charge in [-0.1, -0.05) is 64.4 Å². The van der Waals surface area contributed by atoms with E-state index in [1.54, 1.807) is 44.2 Å². The van der Waals surface area contributed by atoms with Crippen LogP contribution in [0.25, 0.3) is 0 Å². The molecule has 4 amide bonds. The number of benzene rings is 1. The van der Waals surface area contributed by atoms with Gasteiger partial charge in [0.1, 0.15) is 18.1 Å². The lowest BCUT2D eigenvalue weighted by Gasteiger charge is -2.26. The number of carbonyl (C=O) groups excluding carboxylic acids is 4. The highest BCUT2D eigenvalue weighted by molar-refractivity contribution is 5.96. The van der Waals surface area contributed by atoms with E-state index in [1.165, 1.54) is 0 Å². The Bertz CT molecular complexity index is 907. The lowest BCUT2D eigenvalue weighted by molar-refractivity contribution is -0.144. The van der Waals surface area contributed by atoms with Crippen LogP contribution in [0.15, 0.2) is 30.3 Å². The highest BCUT2D eigenvalue weighted by Gasteiger charge is 2.32. The molecule has 0 aliphatic carbocycles. The fourth-order valence-corrected chi connectivity index (χ4v) is 3.57. The number of carbonyl (C=O) groups is 5. The van der Waals surface area contributed by atoms with Gasteiger partial charge >= 0.3 is 5.97 Å². The second-order valence-corrected chi connectivity index (χ2v) is 9.43. The number of amides is 4. The molecular weight excluding hydrogens is 466 g/mol. The second-order valence-electron chi connectivity index (χ2n) is 9.43. The largest absolute Gasteiger partial charge is 0.480 e. The molecule has 0 radical (unpaired) electrons. The number of nitrogens with two attached hydrogens (primary N) is 2. The van der Waals surface area contributed by atoms with Gasteiger partial charge in [-0.05, 0) is 23.8 Å². The molecule has 0 saturated heterocycles. The first-order chi connectivity index (χ1) is 16.8. The summed E-state index contributed by atoms with van der Waals surface area (Å²) in [5, 5.41) is 17.0. The average molecular weight is 506 g/mol. The predicted octanol–water partition coefficient (Wildman–Crippen LogP) is 0.0630. The van der Waals surface area contributed by atoms with Crippen LogP contribution in [0.4, 0.5) is 0 Å². The first kappa shape index (κ1) is 30.6. The molecular formula is C25H39N5O6. The van der Waals surface area contributed by atoms with Crippen LogP contribution in [0.2, 0.25) is 0 Å². The molecule has 0 spiro atoms. The Labute approximate surface area is 211 Å². The highest BCUT2D eigenvalue weighted by Crippen LogP contribution is 2.10. The molecule has 0 aliphatic rings. The van der Waals surface area contributed by atoms with Crippen LogP contribution in [0.5, 0.6) is 0 Å². The van der Waals surface area contributed by atoms with Crippen LogP contribution in [-0.2, 0) is 30.4 Å². The van der Waals surface area contributed by atoms with Crippen molar-refractivity contribution in [2.75, 3.05) is 0 Å². The van der Waals surface area contributed by atoms with E-state index in [9.17, 15) is 29.1 Å². The van der Waals surface area contributed by atoms with E-state index in [4.69, 9.17) is 11.5 Å². The van der Waals surface area contributed by atoms with E-state index in [1.807, 2.05) is 13.8 Å². The normalized spacial score (nSPS) is 15.2. The van der Waals surface area contributed by atoms with Gasteiger partial charge < -0.3 is 32.5 Å². The zero-order valence-corrected chi connectivity index (χ0v) is 21.3. The monoisotopic (exact) mass is 505 g/mol. The predicted molar refractivity (Wildman–Crippen MR) is 134 cm³/mol. The molecule has 36 heavy (non-hydrogen) atoms. The Kier molecular flexibility index (Phi) is 12.6. The average Bonchev–Trinajstić information content (AvgIpc) is 2.80. The standard InChI is InChI=1S/C25H39N5O6/c1-5-15(4)21(25(35)36)30-24(34)19(13-20(27)31)29-23(33)18(12-16-9-7-6-8-10-16)28-22(32)17(26)11-14(2)3/h6-10,14-15,17-19,21H,5,11-13,26H2,1-4H3,(H2,27,31)(H,28,32)(H,29,33)(H,30,34)(H,35,36). The summed E-state index contributed by atoms with van der Waals surface area (Å²) in [6.45, 7) is 7.26. The van der Waals surface area contributed by atoms with Crippen molar-refractivity contribution in [1.29, 1.82) is 0 Å². The quantitative estimate of drug-likeness (QED) is 0.194. The zero-order chi connectivity index (χ0) is 27.4. The van der Waals surface area contributed by atoms with Crippen molar-refractivity contribution in [3.8, 4) is 0 Å². The zero-order valence-electron chi connectivity index (χ0n) is 21.3. The van der Waals surface area contributed by atoms with Crippen LogP contribution in [0, 0.1) is 11.8 Å². The number of carboxylic acids is 1. The topological polar surface area (TPSA) is 194 Å². The molecule has 5 atom stereocenters. The Morgan fingerprint density at radius 3 is 1.94 bits per heavy atom. The minimum absolute atomic E-state index is 0.0995. The first-order valence-electron chi connectivity index (χ1n) is 12.1. The van der Waals surface area contributed by atoms with Crippen LogP contribution < -0.4 is 27.4 Å². The van der Waals surface area contributed by atoms with Gasteiger partial charge in [-0.3, -0.25) is 19.2 Å². The SMILES string of the molecule is CCC(C)C(NC(=O)C(CC(N)=O)NC(=O)C(Cc1ccccc1)NC(=O)C(N)CC(C)C)C(=O)O. The Morgan fingerprint density at radius 2 is 1.44 bits per heavy atom. The second kappa shape index (κ2) is 14.8. The van der Waals surface area contributed by atoms with Gasteiger partial charge in [0.05, 0.1) is 12.5 Å².